The number of aliphatic hydroxyl groups is 1. The van der Waals surface area contributed by atoms with E-state index in [1.165, 1.54) is 0 Å². The van der Waals surface area contributed by atoms with Crippen LogP contribution < -0.4 is 0 Å². The number of pyridine rings is 2. The molecule has 28 heavy (non-hydrogen) atoms. The number of aryl methyl sites for hydroxylation is 1. The van der Waals surface area contributed by atoms with Crippen LogP contribution in [0.25, 0.3) is 33.3 Å². The first-order valence-corrected chi connectivity index (χ1v) is 9.51. The topological polar surface area (TPSA) is 86.0 Å². The second-order valence-corrected chi connectivity index (χ2v) is 7.32. The molecular weight excluding hydrogens is 354 g/mol. The van der Waals surface area contributed by atoms with Crippen LogP contribution in [0.4, 0.5) is 0 Å². The first-order chi connectivity index (χ1) is 13.7. The molecule has 3 aromatic heterocycles. The summed E-state index contributed by atoms with van der Waals surface area (Å²) in [7, 11) is 1.82. The van der Waals surface area contributed by atoms with Gasteiger partial charge < -0.3 is 9.84 Å². The lowest BCUT2D eigenvalue weighted by atomic mass is 9.89. The van der Waals surface area contributed by atoms with Crippen LogP contribution in [0.3, 0.4) is 0 Å². The van der Waals surface area contributed by atoms with Gasteiger partial charge in [-0.15, -0.1) is 5.10 Å². The van der Waals surface area contributed by atoms with Crippen LogP contribution in [-0.4, -0.2) is 43.3 Å². The maximum Gasteiger partial charge on any atom is 0.178 e. The fraction of sp³-hybridized carbons (Fsp3) is 0.333. The fourth-order valence-electron chi connectivity index (χ4n) is 3.85. The normalized spacial score (nSPS) is 16.6. The Bertz CT molecular complexity index is 1150. The molecule has 7 heteroatoms. The van der Waals surface area contributed by atoms with E-state index in [-0.39, 0.29) is 5.92 Å². The van der Waals surface area contributed by atoms with E-state index in [2.05, 4.69) is 15.3 Å². The molecule has 0 radical (unpaired) electrons. The molecule has 1 aromatic carbocycles. The highest BCUT2D eigenvalue weighted by Crippen LogP contribution is 2.32. The zero-order chi connectivity index (χ0) is 19.1. The minimum Gasteiger partial charge on any atom is -0.388 e. The third-order valence-electron chi connectivity index (χ3n) is 5.51. The third kappa shape index (κ3) is 3.02. The highest BCUT2D eigenvalue weighted by molar-refractivity contribution is 5.83. The number of aliphatic hydroxyl groups excluding tert-OH is 1. The van der Waals surface area contributed by atoms with E-state index in [9.17, 15) is 5.11 Å². The Hall–Kier alpha value is -2.90. The quantitative estimate of drug-likeness (QED) is 0.592. The van der Waals surface area contributed by atoms with Crippen LogP contribution in [0, 0.1) is 5.92 Å². The number of benzene rings is 1. The van der Waals surface area contributed by atoms with Gasteiger partial charge in [-0.1, -0.05) is 23.4 Å². The molecule has 1 aliphatic heterocycles. The average Bonchev–Trinajstić information content (AvgIpc) is 3.13. The van der Waals surface area contributed by atoms with Crippen molar-refractivity contribution in [1.29, 1.82) is 0 Å². The molecule has 4 heterocycles. The van der Waals surface area contributed by atoms with Gasteiger partial charge in [0, 0.05) is 37.4 Å². The van der Waals surface area contributed by atoms with E-state index in [0.717, 1.165) is 64.9 Å². The smallest absolute Gasteiger partial charge is 0.178 e. The van der Waals surface area contributed by atoms with Crippen LogP contribution in [0.2, 0.25) is 0 Å². The van der Waals surface area contributed by atoms with Crippen molar-refractivity contribution in [1.82, 2.24) is 25.0 Å². The molecule has 142 valence electrons. The Labute approximate surface area is 162 Å². The molecule has 1 unspecified atom stereocenters. The number of fused-ring (bicyclic) bond motifs is 2. The van der Waals surface area contributed by atoms with Crippen molar-refractivity contribution in [2.75, 3.05) is 13.2 Å². The molecule has 1 atom stereocenters. The van der Waals surface area contributed by atoms with Gasteiger partial charge in [0.05, 0.1) is 17.3 Å². The van der Waals surface area contributed by atoms with Gasteiger partial charge in [-0.05, 0) is 42.5 Å². The van der Waals surface area contributed by atoms with Crippen molar-refractivity contribution in [2.45, 2.75) is 18.9 Å². The SMILES string of the molecule is Cn1nnc2cc(-c3ccc4ccc(C(O)C5CCOCC5)cc4n3)cnc21. The van der Waals surface area contributed by atoms with Crippen molar-refractivity contribution < 1.29 is 9.84 Å². The maximum atomic E-state index is 10.8. The van der Waals surface area contributed by atoms with Crippen molar-refractivity contribution in [3.05, 3.63) is 48.2 Å². The van der Waals surface area contributed by atoms with Crippen molar-refractivity contribution in [2.24, 2.45) is 13.0 Å². The first-order valence-electron chi connectivity index (χ1n) is 9.51. The van der Waals surface area contributed by atoms with E-state index in [4.69, 9.17) is 9.72 Å². The van der Waals surface area contributed by atoms with Crippen molar-refractivity contribution in [3.63, 3.8) is 0 Å². The highest BCUT2D eigenvalue weighted by Gasteiger charge is 2.23. The minimum absolute atomic E-state index is 0.234. The van der Waals surface area contributed by atoms with Gasteiger partial charge in [-0.25, -0.2) is 14.6 Å². The third-order valence-corrected chi connectivity index (χ3v) is 5.51. The van der Waals surface area contributed by atoms with Crippen LogP contribution in [0.5, 0.6) is 0 Å². The van der Waals surface area contributed by atoms with E-state index in [0.29, 0.717) is 0 Å². The molecule has 0 saturated carbocycles. The number of nitrogens with zero attached hydrogens (tertiary/aromatic N) is 5. The van der Waals surface area contributed by atoms with Crippen molar-refractivity contribution in [3.8, 4) is 11.3 Å². The predicted molar refractivity (Wildman–Crippen MR) is 106 cm³/mol. The molecule has 4 aromatic rings. The Morgan fingerprint density at radius 1 is 1.11 bits per heavy atom. The zero-order valence-electron chi connectivity index (χ0n) is 15.6. The molecule has 0 aliphatic carbocycles. The van der Waals surface area contributed by atoms with E-state index in [1.807, 2.05) is 43.4 Å². The van der Waals surface area contributed by atoms with E-state index < -0.39 is 6.10 Å². The molecular formula is C21H21N5O2. The monoisotopic (exact) mass is 375 g/mol. The van der Waals surface area contributed by atoms with Gasteiger partial charge in [0.2, 0.25) is 0 Å². The molecule has 7 nitrogen and oxygen atoms in total. The Kier molecular flexibility index (Phi) is 4.26. The van der Waals surface area contributed by atoms with Gasteiger partial charge in [0.15, 0.2) is 5.65 Å². The summed E-state index contributed by atoms with van der Waals surface area (Å²) < 4.78 is 7.06. The number of rotatable bonds is 3. The van der Waals surface area contributed by atoms with Crippen molar-refractivity contribution >= 4 is 22.1 Å². The average molecular weight is 375 g/mol. The number of ether oxygens (including phenoxy) is 1. The standard InChI is InChI=1S/C21H21N5O2/c1-26-21-19(24-25-26)11-16(12-22-21)17-5-4-13-2-3-15(10-18(13)23-17)20(27)14-6-8-28-9-7-14/h2-5,10-12,14,20,27H,6-9H2,1H3. The molecule has 0 spiro atoms. The van der Waals surface area contributed by atoms with Crippen LogP contribution in [0.15, 0.2) is 42.6 Å². The molecule has 1 aliphatic rings. The summed E-state index contributed by atoms with van der Waals surface area (Å²) in [5, 5.41) is 20.0. The lowest BCUT2D eigenvalue weighted by Crippen LogP contribution is -2.21. The van der Waals surface area contributed by atoms with Crippen LogP contribution in [-0.2, 0) is 11.8 Å². The van der Waals surface area contributed by atoms with Gasteiger partial charge in [-0.2, -0.15) is 0 Å². The number of hydrogen-bond acceptors (Lipinski definition) is 6. The Balaban J connectivity index is 1.51. The van der Waals surface area contributed by atoms with Crippen LogP contribution >= 0.6 is 0 Å². The number of hydrogen-bond donors (Lipinski definition) is 1. The summed E-state index contributed by atoms with van der Waals surface area (Å²) in [6, 6.07) is 12.0. The molecule has 5 rings (SSSR count). The second-order valence-electron chi connectivity index (χ2n) is 7.32. The molecule has 1 saturated heterocycles. The lowest BCUT2D eigenvalue weighted by Gasteiger charge is -2.27. The molecule has 1 fully saturated rings. The summed E-state index contributed by atoms with van der Waals surface area (Å²) in [5.74, 6) is 0.234. The van der Waals surface area contributed by atoms with Gasteiger partial charge >= 0.3 is 0 Å². The zero-order valence-corrected chi connectivity index (χ0v) is 15.6. The minimum atomic E-state index is -0.489. The van der Waals surface area contributed by atoms with Gasteiger partial charge in [0.1, 0.15) is 5.52 Å². The number of aromatic nitrogens is 5. The largest absolute Gasteiger partial charge is 0.388 e. The Morgan fingerprint density at radius 3 is 2.79 bits per heavy atom. The predicted octanol–water partition coefficient (Wildman–Crippen LogP) is 3.04. The molecule has 1 N–H and O–H groups in total. The summed E-state index contributed by atoms with van der Waals surface area (Å²) >= 11 is 0. The maximum absolute atomic E-state index is 10.8. The van der Waals surface area contributed by atoms with Crippen LogP contribution in [0.1, 0.15) is 24.5 Å². The summed E-state index contributed by atoms with van der Waals surface area (Å²) in [6.07, 6.45) is 3.07. The summed E-state index contributed by atoms with van der Waals surface area (Å²) in [6.45, 7) is 1.44. The summed E-state index contributed by atoms with van der Waals surface area (Å²) in [4.78, 5) is 9.27. The van der Waals surface area contributed by atoms with Gasteiger partial charge in [0.25, 0.3) is 0 Å². The Morgan fingerprint density at radius 2 is 1.93 bits per heavy atom. The van der Waals surface area contributed by atoms with E-state index in [1.54, 1.807) is 10.9 Å². The first kappa shape index (κ1) is 17.2. The molecule has 0 bridgehead atoms. The van der Waals surface area contributed by atoms with E-state index >= 15 is 0 Å². The highest BCUT2D eigenvalue weighted by atomic mass is 16.5. The fourth-order valence-corrected chi connectivity index (χ4v) is 3.85. The van der Waals surface area contributed by atoms with Gasteiger partial charge in [-0.3, -0.25) is 0 Å². The summed E-state index contributed by atoms with van der Waals surface area (Å²) in [5.41, 5.74) is 4.97. The lowest BCUT2D eigenvalue weighted by molar-refractivity contribution is 0.00723. The molecule has 0 amide bonds. The second kappa shape index (κ2) is 6.92.